The van der Waals surface area contributed by atoms with Crippen molar-refractivity contribution in [2.45, 2.75) is 112 Å². The Morgan fingerprint density at radius 1 is 0.569 bits per heavy atom. The molecule has 388 valence electrons. The minimum Gasteiger partial charge on any atom is -0.493 e. The zero-order valence-corrected chi connectivity index (χ0v) is 42.3. The fraction of sp³-hybridized carbons (Fsp3) is 0.446. The van der Waals surface area contributed by atoms with Gasteiger partial charge in [-0.3, -0.25) is 19.2 Å². The number of hydrogen-bond acceptors (Lipinski definition) is 15. The van der Waals surface area contributed by atoms with Crippen LogP contribution >= 0.6 is 0 Å². The summed E-state index contributed by atoms with van der Waals surface area (Å²) in [6.45, 7) is 18.5. The van der Waals surface area contributed by atoms with E-state index in [9.17, 15) is 33.6 Å². The Kier molecular flexibility index (Phi) is 22.4. The quantitative estimate of drug-likeness (QED) is 0.0175. The van der Waals surface area contributed by atoms with Gasteiger partial charge in [0.1, 0.15) is 67.7 Å². The van der Waals surface area contributed by atoms with Crippen molar-refractivity contribution in [3.8, 4) is 39.5 Å². The van der Waals surface area contributed by atoms with Gasteiger partial charge in [-0.05, 0) is 114 Å². The normalized spacial score (nSPS) is 14.2. The number of unbranched alkanes of at least 4 members (excludes halogenated alkanes) is 2. The van der Waals surface area contributed by atoms with Gasteiger partial charge in [-0.2, -0.15) is 0 Å². The third-order valence-electron chi connectivity index (χ3n) is 11.8. The summed E-state index contributed by atoms with van der Waals surface area (Å²) in [6.07, 6.45) is 7.45. The summed E-state index contributed by atoms with van der Waals surface area (Å²) in [5.74, 6) is -5.63. The fourth-order valence-corrected chi connectivity index (χ4v) is 7.80. The highest BCUT2D eigenvalue weighted by Gasteiger charge is 2.38. The molecule has 72 heavy (non-hydrogen) atoms. The summed E-state index contributed by atoms with van der Waals surface area (Å²) in [7, 11) is 0. The summed E-state index contributed by atoms with van der Waals surface area (Å²) in [5, 5.41) is 0. The maximum atomic E-state index is 16.4. The number of rotatable bonds is 27. The number of benzene rings is 3. The number of esters is 7. The number of carbonyl (C=O) groups excluding carboxylic acids is 7. The molecule has 1 aliphatic carbocycles. The van der Waals surface area contributed by atoms with Crippen molar-refractivity contribution < 1.29 is 75.8 Å². The molecule has 0 bridgehead atoms. The smallest absolute Gasteiger partial charge is 0.338 e. The van der Waals surface area contributed by atoms with E-state index in [0.29, 0.717) is 11.5 Å². The SMILES string of the molecule is C=C(C)C(=O)OCC(COC(=O)CC(=O)OCC)(COC(=O)CC(=O)OCC)COc1ccc(-c2cc(OC(=O)C(=C)C)c(-c3ccc(C4CCC(CCCCC)CC4)cc3F)cc2OC(=O)C(=C)C)cc1. The van der Waals surface area contributed by atoms with E-state index >= 15 is 4.39 Å². The molecular formula is C56H67FO15. The fourth-order valence-electron chi connectivity index (χ4n) is 7.80. The summed E-state index contributed by atoms with van der Waals surface area (Å²) in [6, 6.07) is 14.1. The van der Waals surface area contributed by atoms with Gasteiger partial charge in [0, 0.05) is 33.4 Å². The van der Waals surface area contributed by atoms with Crippen LogP contribution in [0.4, 0.5) is 4.39 Å². The first-order valence-electron chi connectivity index (χ1n) is 24.2. The van der Waals surface area contributed by atoms with Gasteiger partial charge in [0.2, 0.25) is 0 Å². The lowest BCUT2D eigenvalue weighted by molar-refractivity contribution is -0.166. The first kappa shape index (κ1) is 57.5. The lowest BCUT2D eigenvalue weighted by atomic mass is 9.77. The van der Waals surface area contributed by atoms with Gasteiger partial charge in [0.15, 0.2) is 0 Å². The van der Waals surface area contributed by atoms with Crippen LogP contribution in [0.15, 0.2) is 91.1 Å². The molecule has 0 atom stereocenters. The van der Waals surface area contributed by atoms with Crippen molar-refractivity contribution >= 4 is 41.8 Å². The zero-order valence-electron chi connectivity index (χ0n) is 42.3. The highest BCUT2D eigenvalue weighted by molar-refractivity contribution is 5.94. The molecule has 0 aromatic heterocycles. The molecule has 1 fully saturated rings. The van der Waals surface area contributed by atoms with Crippen molar-refractivity contribution in [3.63, 3.8) is 0 Å². The molecule has 0 radical (unpaired) electrons. The van der Waals surface area contributed by atoms with E-state index in [4.69, 9.17) is 37.9 Å². The van der Waals surface area contributed by atoms with Crippen LogP contribution in [0.3, 0.4) is 0 Å². The highest BCUT2D eigenvalue weighted by Crippen LogP contribution is 2.44. The topological polar surface area (TPSA) is 193 Å². The van der Waals surface area contributed by atoms with Crippen molar-refractivity contribution in [1.29, 1.82) is 0 Å². The van der Waals surface area contributed by atoms with Crippen LogP contribution in [0.1, 0.15) is 117 Å². The van der Waals surface area contributed by atoms with E-state index in [0.717, 1.165) is 31.2 Å². The second-order valence-electron chi connectivity index (χ2n) is 18.1. The number of ether oxygens (including phenoxy) is 8. The maximum Gasteiger partial charge on any atom is 0.338 e. The average Bonchev–Trinajstić information content (AvgIpc) is 3.34. The van der Waals surface area contributed by atoms with Gasteiger partial charge < -0.3 is 37.9 Å². The van der Waals surface area contributed by atoms with Gasteiger partial charge in [-0.25, -0.2) is 18.8 Å². The van der Waals surface area contributed by atoms with Gasteiger partial charge in [-0.15, -0.1) is 0 Å². The minimum absolute atomic E-state index is 0.0141. The van der Waals surface area contributed by atoms with E-state index in [-0.39, 0.29) is 69.8 Å². The number of halogens is 1. The average molecular weight is 999 g/mol. The van der Waals surface area contributed by atoms with Gasteiger partial charge >= 0.3 is 41.8 Å². The highest BCUT2D eigenvalue weighted by atomic mass is 19.1. The summed E-state index contributed by atoms with van der Waals surface area (Å²) in [5.41, 5.74) is 0.335. The Balaban J connectivity index is 1.73. The molecular weight excluding hydrogens is 932 g/mol. The summed E-state index contributed by atoms with van der Waals surface area (Å²) in [4.78, 5) is 88.5. The molecule has 0 unspecified atom stereocenters. The molecule has 4 rings (SSSR count). The predicted octanol–water partition coefficient (Wildman–Crippen LogP) is 10.5. The van der Waals surface area contributed by atoms with E-state index in [2.05, 4.69) is 26.7 Å². The van der Waals surface area contributed by atoms with E-state index in [1.165, 1.54) is 76.8 Å². The van der Waals surface area contributed by atoms with Crippen LogP contribution < -0.4 is 14.2 Å². The standard InChI is InChI=1S/C56H67FO15/c1-10-13-14-15-38-16-18-39(19-17-38)41-22-25-43(46(57)26-41)45-28-47(71-54(63)36(6)7)44(27-48(45)72-55(64)37(8)9)40-20-23-42(24-21-40)67-31-56(34-70-53(62)35(4)5,32-68-51(60)29-49(58)65-11-2)33-69-52(61)30-50(59)66-12-3/h20-28,38-39H,4,6,8,10-19,29-34H2,1-3,5,7,9H3. The largest absolute Gasteiger partial charge is 0.493 e. The Morgan fingerprint density at radius 2 is 1.07 bits per heavy atom. The monoisotopic (exact) mass is 998 g/mol. The molecule has 0 heterocycles. The van der Waals surface area contributed by atoms with E-state index < -0.39 is 92.3 Å². The molecule has 15 nitrogen and oxygen atoms in total. The number of carbonyl (C=O) groups is 7. The van der Waals surface area contributed by atoms with Crippen LogP contribution in [0, 0.1) is 17.2 Å². The lowest BCUT2D eigenvalue weighted by Gasteiger charge is -2.32. The van der Waals surface area contributed by atoms with Gasteiger partial charge in [0.25, 0.3) is 0 Å². The third-order valence-corrected chi connectivity index (χ3v) is 11.8. The van der Waals surface area contributed by atoms with Crippen molar-refractivity contribution in [2.24, 2.45) is 11.3 Å². The van der Waals surface area contributed by atoms with E-state index in [1.807, 2.05) is 6.07 Å². The van der Waals surface area contributed by atoms with Gasteiger partial charge in [0.05, 0.1) is 13.2 Å². The Bertz CT molecular complexity index is 2430. The number of hydrogen-bond donors (Lipinski definition) is 0. The maximum absolute atomic E-state index is 16.4. The van der Waals surface area contributed by atoms with Gasteiger partial charge in [-0.1, -0.05) is 76.6 Å². The molecule has 3 aromatic carbocycles. The molecule has 1 saturated carbocycles. The molecule has 0 aliphatic heterocycles. The molecule has 0 saturated heterocycles. The molecule has 3 aromatic rings. The predicted molar refractivity (Wildman–Crippen MR) is 265 cm³/mol. The zero-order chi connectivity index (χ0) is 53.0. The molecule has 1 aliphatic rings. The van der Waals surface area contributed by atoms with Crippen LogP contribution in [0.5, 0.6) is 17.2 Å². The molecule has 16 heteroatoms. The lowest BCUT2D eigenvalue weighted by Crippen LogP contribution is -2.44. The van der Waals surface area contributed by atoms with Crippen LogP contribution in [-0.4, -0.2) is 81.4 Å². The van der Waals surface area contributed by atoms with Crippen LogP contribution in [0.25, 0.3) is 22.3 Å². The Hall–Kier alpha value is -7.10. The first-order valence-corrected chi connectivity index (χ1v) is 24.2. The minimum atomic E-state index is -1.64. The second-order valence-corrected chi connectivity index (χ2v) is 18.1. The molecule has 0 amide bonds. The van der Waals surface area contributed by atoms with Crippen molar-refractivity contribution in [1.82, 2.24) is 0 Å². The second kappa shape index (κ2) is 28.1. The molecule has 0 spiro atoms. The molecule has 0 N–H and O–H groups in total. The van der Waals surface area contributed by atoms with Crippen molar-refractivity contribution in [2.75, 3.05) is 39.6 Å². The Morgan fingerprint density at radius 3 is 1.57 bits per heavy atom. The Labute approximate surface area is 421 Å². The first-order chi connectivity index (χ1) is 34.3. The van der Waals surface area contributed by atoms with Crippen LogP contribution in [0.2, 0.25) is 0 Å². The summed E-state index contributed by atoms with van der Waals surface area (Å²) >= 11 is 0. The van der Waals surface area contributed by atoms with E-state index in [1.54, 1.807) is 32.0 Å². The van der Waals surface area contributed by atoms with Crippen molar-refractivity contribution in [3.05, 3.63) is 102 Å². The van der Waals surface area contributed by atoms with Crippen LogP contribution in [-0.2, 0) is 57.2 Å². The third kappa shape index (κ3) is 17.6. The summed E-state index contributed by atoms with van der Waals surface area (Å²) < 4.78 is 60.3.